The number of piperidine rings is 1. The van der Waals surface area contributed by atoms with Crippen LogP contribution in [-0.4, -0.2) is 49.7 Å². The fourth-order valence-corrected chi connectivity index (χ4v) is 6.05. The third kappa shape index (κ3) is 5.34. The van der Waals surface area contributed by atoms with Crippen LogP contribution >= 0.6 is 0 Å². The molecule has 2 aromatic carbocycles. The molecule has 6 nitrogen and oxygen atoms in total. The number of nitrogens with one attached hydrogen (secondary N) is 1. The van der Waals surface area contributed by atoms with Gasteiger partial charge in [0.05, 0.1) is 10.8 Å². The summed E-state index contributed by atoms with van der Waals surface area (Å²) in [7, 11) is -3.57. The van der Waals surface area contributed by atoms with Crippen LogP contribution in [0.3, 0.4) is 0 Å². The number of likely N-dealkylation sites (tertiary alicyclic amines) is 1. The Balaban J connectivity index is 1.37. The molecule has 31 heavy (non-hydrogen) atoms. The number of carbonyl (C=O) groups excluding carboxylic acids is 1. The maximum atomic E-state index is 12.9. The highest BCUT2D eigenvalue weighted by Crippen LogP contribution is 2.24. The predicted octanol–water partition coefficient (Wildman–Crippen LogP) is 3.00. The van der Waals surface area contributed by atoms with E-state index in [0.29, 0.717) is 25.9 Å². The van der Waals surface area contributed by atoms with Gasteiger partial charge in [0.2, 0.25) is 15.9 Å². The van der Waals surface area contributed by atoms with Gasteiger partial charge in [-0.25, -0.2) is 8.42 Å². The molecule has 4 rings (SSSR count). The van der Waals surface area contributed by atoms with Crippen LogP contribution in [0.15, 0.2) is 59.5 Å². The Morgan fingerprint density at radius 3 is 2.32 bits per heavy atom. The van der Waals surface area contributed by atoms with Crippen LogP contribution in [-0.2, 0) is 27.9 Å². The zero-order valence-electron chi connectivity index (χ0n) is 17.9. The number of sulfonamides is 1. The van der Waals surface area contributed by atoms with Gasteiger partial charge in [-0.05, 0) is 62.0 Å². The van der Waals surface area contributed by atoms with Gasteiger partial charge in [0, 0.05) is 26.2 Å². The van der Waals surface area contributed by atoms with E-state index in [-0.39, 0.29) is 23.3 Å². The predicted molar refractivity (Wildman–Crippen MR) is 121 cm³/mol. The van der Waals surface area contributed by atoms with Crippen LogP contribution in [0.4, 0.5) is 0 Å². The molecule has 7 heteroatoms. The molecule has 0 bridgehead atoms. The summed E-state index contributed by atoms with van der Waals surface area (Å²) in [5, 5.41) is 3.07. The lowest BCUT2D eigenvalue weighted by Crippen LogP contribution is -2.45. The molecule has 1 atom stereocenters. The number of amides is 1. The number of benzene rings is 2. The highest BCUT2D eigenvalue weighted by atomic mass is 32.2. The van der Waals surface area contributed by atoms with E-state index in [9.17, 15) is 13.2 Å². The first-order valence-corrected chi connectivity index (χ1v) is 12.6. The van der Waals surface area contributed by atoms with Crippen molar-refractivity contribution in [2.75, 3.05) is 26.2 Å². The molecular weight excluding hydrogens is 410 g/mol. The highest BCUT2D eigenvalue weighted by Gasteiger charge is 2.33. The van der Waals surface area contributed by atoms with Gasteiger partial charge in [0.1, 0.15) is 0 Å². The van der Waals surface area contributed by atoms with Crippen molar-refractivity contribution in [1.29, 1.82) is 0 Å². The van der Waals surface area contributed by atoms with Crippen molar-refractivity contribution in [3.05, 3.63) is 65.7 Å². The summed E-state index contributed by atoms with van der Waals surface area (Å²) in [5.74, 6) is -0.387. The van der Waals surface area contributed by atoms with E-state index in [0.717, 1.165) is 25.2 Å². The minimum absolute atomic E-state index is 0.0658. The van der Waals surface area contributed by atoms with Crippen molar-refractivity contribution >= 4 is 15.9 Å². The lowest BCUT2D eigenvalue weighted by Gasteiger charge is -2.31. The molecule has 0 aliphatic carbocycles. The SMILES string of the molecule is O=C(NCc1ccccc1CN1CCCC1)C1CCCN(S(=O)(=O)c2ccccc2)C1. The summed E-state index contributed by atoms with van der Waals surface area (Å²) in [4.78, 5) is 15.6. The van der Waals surface area contributed by atoms with Crippen molar-refractivity contribution in [2.45, 2.75) is 43.7 Å². The maximum absolute atomic E-state index is 12.9. The van der Waals surface area contributed by atoms with Crippen LogP contribution in [0.2, 0.25) is 0 Å². The van der Waals surface area contributed by atoms with Crippen molar-refractivity contribution < 1.29 is 13.2 Å². The smallest absolute Gasteiger partial charge is 0.243 e. The Morgan fingerprint density at radius 1 is 0.903 bits per heavy atom. The molecule has 2 aliphatic rings. The van der Waals surface area contributed by atoms with Crippen molar-refractivity contribution in [2.24, 2.45) is 5.92 Å². The molecule has 1 N–H and O–H groups in total. The molecule has 2 saturated heterocycles. The largest absolute Gasteiger partial charge is 0.352 e. The van der Waals surface area contributed by atoms with Gasteiger partial charge in [-0.15, -0.1) is 0 Å². The third-order valence-corrected chi connectivity index (χ3v) is 8.18. The molecular formula is C24H31N3O3S. The fourth-order valence-electron chi connectivity index (χ4n) is 4.51. The standard InChI is InChI=1S/C24H31N3O3S/c28-24(25-17-20-9-4-5-10-21(20)18-26-14-6-7-15-26)22-11-8-16-27(19-22)31(29,30)23-12-2-1-3-13-23/h1-5,9-10,12-13,22H,6-8,11,14-19H2,(H,25,28). The van der Waals surface area contributed by atoms with Gasteiger partial charge < -0.3 is 5.32 Å². The van der Waals surface area contributed by atoms with E-state index in [1.807, 2.05) is 12.1 Å². The molecule has 166 valence electrons. The Hall–Kier alpha value is -2.22. The van der Waals surface area contributed by atoms with Crippen LogP contribution in [0, 0.1) is 5.92 Å². The second-order valence-corrected chi connectivity index (χ2v) is 10.4. The zero-order chi connectivity index (χ0) is 21.7. The number of hydrogen-bond donors (Lipinski definition) is 1. The minimum Gasteiger partial charge on any atom is -0.352 e. The monoisotopic (exact) mass is 441 g/mol. The van der Waals surface area contributed by atoms with Gasteiger partial charge >= 0.3 is 0 Å². The summed E-state index contributed by atoms with van der Waals surface area (Å²) in [5.41, 5.74) is 2.38. The van der Waals surface area contributed by atoms with Gasteiger partial charge in [-0.2, -0.15) is 4.31 Å². The molecule has 2 fully saturated rings. The van der Waals surface area contributed by atoms with Gasteiger partial charge in [0.15, 0.2) is 0 Å². The first-order valence-electron chi connectivity index (χ1n) is 11.2. The Bertz CT molecular complexity index is 988. The Labute approximate surface area is 185 Å². The molecule has 0 aromatic heterocycles. The van der Waals surface area contributed by atoms with Crippen LogP contribution in [0.5, 0.6) is 0 Å². The lowest BCUT2D eigenvalue weighted by atomic mass is 9.98. The normalized spacial score (nSPS) is 20.6. The van der Waals surface area contributed by atoms with Crippen molar-refractivity contribution in [3.8, 4) is 0 Å². The molecule has 1 unspecified atom stereocenters. The van der Waals surface area contributed by atoms with Crippen LogP contribution in [0.25, 0.3) is 0 Å². The van der Waals surface area contributed by atoms with Gasteiger partial charge in [-0.1, -0.05) is 42.5 Å². The van der Waals surface area contributed by atoms with E-state index in [2.05, 4.69) is 22.3 Å². The molecule has 2 aliphatic heterocycles. The minimum atomic E-state index is -3.57. The molecule has 2 aromatic rings. The molecule has 0 saturated carbocycles. The lowest BCUT2D eigenvalue weighted by molar-refractivity contribution is -0.126. The van der Waals surface area contributed by atoms with E-state index >= 15 is 0 Å². The van der Waals surface area contributed by atoms with Crippen molar-refractivity contribution in [3.63, 3.8) is 0 Å². The summed E-state index contributed by atoms with van der Waals surface area (Å²) in [6.07, 6.45) is 3.91. The first kappa shape index (κ1) is 22.0. The second-order valence-electron chi connectivity index (χ2n) is 8.49. The van der Waals surface area contributed by atoms with Gasteiger partial charge in [-0.3, -0.25) is 9.69 Å². The average molecular weight is 442 g/mol. The van der Waals surface area contributed by atoms with Gasteiger partial charge in [0.25, 0.3) is 0 Å². The second kappa shape index (κ2) is 9.94. The topological polar surface area (TPSA) is 69.7 Å². The summed E-state index contributed by atoms with van der Waals surface area (Å²) in [6.45, 7) is 4.35. The number of hydrogen-bond acceptors (Lipinski definition) is 4. The summed E-state index contributed by atoms with van der Waals surface area (Å²) in [6, 6.07) is 16.7. The Morgan fingerprint density at radius 2 is 1.58 bits per heavy atom. The zero-order valence-corrected chi connectivity index (χ0v) is 18.7. The molecule has 1 amide bonds. The first-order chi connectivity index (χ1) is 15.0. The maximum Gasteiger partial charge on any atom is 0.243 e. The third-order valence-electron chi connectivity index (χ3n) is 6.30. The van der Waals surface area contributed by atoms with E-state index in [4.69, 9.17) is 0 Å². The van der Waals surface area contributed by atoms with Crippen molar-refractivity contribution in [1.82, 2.24) is 14.5 Å². The van der Waals surface area contributed by atoms with E-state index in [1.165, 1.54) is 22.7 Å². The molecule has 2 heterocycles. The average Bonchev–Trinajstić information content (AvgIpc) is 3.32. The van der Waals surface area contributed by atoms with E-state index in [1.54, 1.807) is 30.3 Å². The number of nitrogens with zero attached hydrogens (tertiary/aromatic N) is 2. The molecule has 0 radical (unpaired) electrons. The van der Waals surface area contributed by atoms with Crippen LogP contribution in [0.1, 0.15) is 36.8 Å². The number of rotatable bonds is 7. The van der Waals surface area contributed by atoms with Crippen LogP contribution < -0.4 is 5.32 Å². The summed E-state index contributed by atoms with van der Waals surface area (Å²) >= 11 is 0. The summed E-state index contributed by atoms with van der Waals surface area (Å²) < 4.78 is 27.3. The highest BCUT2D eigenvalue weighted by molar-refractivity contribution is 7.89. The van der Waals surface area contributed by atoms with E-state index < -0.39 is 10.0 Å². The fraction of sp³-hybridized carbons (Fsp3) is 0.458. The number of carbonyl (C=O) groups is 1. The molecule has 0 spiro atoms. The quantitative estimate of drug-likeness (QED) is 0.717. The Kier molecular flexibility index (Phi) is 7.05.